The van der Waals surface area contributed by atoms with E-state index in [1.54, 1.807) is 7.11 Å². The molecule has 1 rings (SSSR count). The Hall–Kier alpha value is -0.990. The van der Waals surface area contributed by atoms with E-state index in [-0.39, 0.29) is 11.2 Å². The molecule has 68 valence electrons. The molecule has 0 saturated carbocycles. The van der Waals surface area contributed by atoms with Crippen molar-refractivity contribution in [2.75, 3.05) is 13.7 Å². The monoisotopic (exact) mass is 169 g/mol. The highest BCUT2D eigenvalue weighted by Crippen LogP contribution is 2.22. The maximum atomic E-state index is 11.3. The molecule has 0 aromatic heterocycles. The molecule has 1 heterocycles. The van der Waals surface area contributed by atoms with Crippen molar-refractivity contribution in [1.82, 2.24) is 5.32 Å². The molecule has 0 fully saturated rings. The first-order valence-electron chi connectivity index (χ1n) is 4.06. The van der Waals surface area contributed by atoms with Crippen LogP contribution in [0, 0.1) is 5.41 Å². The van der Waals surface area contributed by atoms with E-state index in [1.165, 1.54) is 6.08 Å². The zero-order valence-electron chi connectivity index (χ0n) is 7.81. The minimum Gasteiger partial charge on any atom is -0.482 e. The van der Waals surface area contributed by atoms with E-state index in [4.69, 9.17) is 4.74 Å². The summed E-state index contributed by atoms with van der Waals surface area (Å²) in [6.45, 7) is 4.90. The van der Waals surface area contributed by atoms with Gasteiger partial charge >= 0.3 is 0 Å². The minimum atomic E-state index is 0.0217. The van der Waals surface area contributed by atoms with Gasteiger partial charge in [0.15, 0.2) is 11.7 Å². The van der Waals surface area contributed by atoms with Crippen molar-refractivity contribution in [3.05, 3.63) is 12.0 Å². The van der Waals surface area contributed by atoms with Gasteiger partial charge < -0.3 is 10.1 Å². The van der Waals surface area contributed by atoms with Crippen LogP contribution >= 0.6 is 0 Å². The van der Waals surface area contributed by atoms with Crippen molar-refractivity contribution < 1.29 is 9.53 Å². The molecule has 1 N–H and O–H groups in total. The van der Waals surface area contributed by atoms with Gasteiger partial charge in [0, 0.05) is 19.0 Å². The molecule has 0 saturated heterocycles. The Bertz CT molecular complexity index is 219. The Morgan fingerprint density at radius 3 is 2.83 bits per heavy atom. The van der Waals surface area contributed by atoms with Gasteiger partial charge in [0.2, 0.25) is 0 Å². The van der Waals surface area contributed by atoms with E-state index in [0.717, 1.165) is 6.54 Å². The van der Waals surface area contributed by atoms with Crippen molar-refractivity contribution >= 4 is 5.78 Å². The molecule has 0 unspecified atom stereocenters. The number of ketones is 1. The Kier molecular flexibility index (Phi) is 2.40. The molecule has 1 aliphatic rings. The molecule has 12 heavy (non-hydrogen) atoms. The Morgan fingerprint density at radius 1 is 1.58 bits per heavy atom. The summed E-state index contributed by atoms with van der Waals surface area (Å²) in [7, 11) is 1.56. The molecule has 0 radical (unpaired) electrons. The van der Waals surface area contributed by atoms with E-state index in [9.17, 15) is 4.79 Å². The second-order valence-corrected chi connectivity index (χ2v) is 3.87. The Labute approximate surface area is 72.8 Å². The number of rotatable bonds is 1. The molecule has 0 spiro atoms. The van der Waals surface area contributed by atoms with Crippen LogP contribution < -0.4 is 5.32 Å². The normalized spacial score (nSPS) is 22.2. The van der Waals surface area contributed by atoms with Gasteiger partial charge in [-0.2, -0.15) is 0 Å². The number of allylic oxidation sites excluding steroid dienone is 1. The number of ether oxygens (including phenoxy) is 1. The average molecular weight is 169 g/mol. The maximum Gasteiger partial charge on any atom is 0.189 e. The molecule has 3 heteroatoms. The van der Waals surface area contributed by atoms with E-state index in [2.05, 4.69) is 19.2 Å². The average Bonchev–Trinajstić information content (AvgIpc) is 2.07. The van der Waals surface area contributed by atoms with Gasteiger partial charge in [0.05, 0.1) is 7.11 Å². The topological polar surface area (TPSA) is 38.3 Å². The third kappa shape index (κ3) is 2.26. The van der Waals surface area contributed by atoms with Crippen LogP contribution in [0.2, 0.25) is 0 Å². The smallest absolute Gasteiger partial charge is 0.189 e. The van der Waals surface area contributed by atoms with Crippen LogP contribution in [0.25, 0.3) is 0 Å². The first-order valence-corrected chi connectivity index (χ1v) is 4.06. The second kappa shape index (κ2) is 3.17. The van der Waals surface area contributed by atoms with E-state index in [1.807, 2.05) is 0 Å². The van der Waals surface area contributed by atoms with E-state index >= 15 is 0 Å². The molecule has 0 bridgehead atoms. The van der Waals surface area contributed by atoms with Gasteiger partial charge in [0.1, 0.15) is 0 Å². The Balaban J connectivity index is 2.72. The lowest BCUT2D eigenvalue weighted by molar-refractivity contribution is -0.116. The minimum absolute atomic E-state index is 0.0217. The van der Waals surface area contributed by atoms with Crippen molar-refractivity contribution in [3.63, 3.8) is 0 Å². The standard InChI is InChI=1S/C9H15NO2/c1-9(2)5-7(11)4-8(12-3)10-6-9/h4,10H,5-6H2,1-3H3. The van der Waals surface area contributed by atoms with Crippen LogP contribution in [0.4, 0.5) is 0 Å². The van der Waals surface area contributed by atoms with E-state index < -0.39 is 0 Å². The van der Waals surface area contributed by atoms with Gasteiger partial charge in [-0.3, -0.25) is 4.79 Å². The molecule has 3 nitrogen and oxygen atoms in total. The highest BCUT2D eigenvalue weighted by atomic mass is 16.5. The molecular weight excluding hydrogens is 154 g/mol. The number of hydrogen-bond acceptors (Lipinski definition) is 3. The predicted octanol–water partition coefficient (Wildman–Crippen LogP) is 1.06. The fraction of sp³-hybridized carbons (Fsp3) is 0.667. The summed E-state index contributed by atoms with van der Waals surface area (Å²) in [5.41, 5.74) is 0.0217. The third-order valence-electron chi connectivity index (χ3n) is 1.91. The zero-order valence-corrected chi connectivity index (χ0v) is 7.81. The number of methoxy groups -OCH3 is 1. The number of carbonyl (C=O) groups is 1. The summed E-state index contributed by atoms with van der Waals surface area (Å²) >= 11 is 0. The van der Waals surface area contributed by atoms with Gasteiger partial charge in [0.25, 0.3) is 0 Å². The number of hydrogen-bond donors (Lipinski definition) is 1. The lowest BCUT2D eigenvalue weighted by atomic mass is 9.88. The molecular formula is C9H15NO2. The van der Waals surface area contributed by atoms with Crippen molar-refractivity contribution in [2.45, 2.75) is 20.3 Å². The zero-order chi connectivity index (χ0) is 9.19. The lowest BCUT2D eigenvalue weighted by Gasteiger charge is -2.21. The summed E-state index contributed by atoms with van der Waals surface area (Å²) in [5.74, 6) is 0.701. The molecule has 0 aromatic rings. The SMILES string of the molecule is COC1=CC(=O)CC(C)(C)CN1. The molecule has 0 atom stereocenters. The van der Waals surface area contributed by atoms with Crippen LogP contribution in [0.15, 0.2) is 12.0 Å². The van der Waals surface area contributed by atoms with Gasteiger partial charge in [-0.1, -0.05) is 13.8 Å². The van der Waals surface area contributed by atoms with Gasteiger partial charge in [-0.15, -0.1) is 0 Å². The van der Waals surface area contributed by atoms with Crippen LogP contribution in [-0.4, -0.2) is 19.4 Å². The number of carbonyl (C=O) groups excluding carboxylic acids is 1. The molecule has 0 aromatic carbocycles. The summed E-state index contributed by atoms with van der Waals surface area (Å²) in [6.07, 6.45) is 2.10. The van der Waals surface area contributed by atoms with Gasteiger partial charge in [-0.05, 0) is 5.41 Å². The Morgan fingerprint density at radius 2 is 2.25 bits per heavy atom. The molecule has 0 amide bonds. The van der Waals surface area contributed by atoms with E-state index in [0.29, 0.717) is 12.3 Å². The highest BCUT2D eigenvalue weighted by Gasteiger charge is 2.24. The van der Waals surface area contributed by atoms with Crippen LogP contribution in [0.3, 0.4) is 0 Å². The van der Waals surface area contributed by atoms with Crippen LogP contribution in [0.5, 0.6) is 0 Å². The van der Waals surface area contributed by atoms with Gasteiger partial charge in [-0.25, -0.2) is 0 Å². The third-order valence-corrected chi connectivity index (χ3v) is 1.91. The fourth-order valence-corrected chi connectivity index (χ4v) is 1.24. The van der Waals surface area contributed by atoms with Crippen LogP contribution in [0.1, 0.15) is 20.3 Å². The fourth-order valence-electron chi connectivity index (χ4n) is 1.24. The highest BCUT2D eigenvalue weighted by molar-refractivity contribution is 5.90. The predicted molar refractivity (Wildman–Crippen MR) is 46.5 cm³/mol. The summed E-state index contributed by atoms with van der Waals surface area (Å²) in [6, 6.07) is 0. The summed E-state index contributed by atoms with van der Waals surface area (Å²) in [4.78, 5) is 11.3. The van der Waals surface area contributed by atoms with Crippen molar-refractivity contribution in [1.29, 1.82) is 0 Å². The second-order valence-electron chi connectivity index (χ2n) is 3.87. The first-order chi connectivity index (χ1) is 5.53. The summed E-state index contributed by atoms with van der Waals surface area (Å²) in [5, 5.41) is 3.07. The maximum absolute atomic E-state index is 11.3. The molecule has 0 aliphatic carbocycles. The largest absolute Gasteiger partial charge is 0.482 e. The van der Waals surface area contributed by atoms with Crippen molar-refractivity contribution in [2.24, 2.45) is 5.41 Å². The first kappa shape index (κ1) is 9.10. The lowest BCUT2D eigenvalue weighted by Crippen LogP contribution is -2.28. The summed E-state index contributed by atoms with van der Waals surface area (Å²) < 4.78 is 4.96. The van der Waals surface area contributed by atoms with Crippen molar-refractivity contribution in [3.8, 4) is 0 Å². The number of nitrogens with one attached hydrogen (secondary N) is 1. The van der Waals surface area contributed by atoms with Crippen LogP contribution in [-0.2, 0) is 9.53 Å². The quantitative estimate of drug-likeness (QED) is 0.638. The molecule has 1 aliphatic heterocycles.